The molecule has 0 saturated carbocycles. The molecule has 3 amide bonds. The SMILES string of the molecule is CC[C@@H]1CN(C(=O)N2CCC(C(=O)N(C)Cc3ccccc3)CC2)c2ccccc2O1. The van der Waals surface area contributed by atoms with Gasteiger partial charge in [-0.05, 0) is 37.0 Å². The van der Waals surface area contributed by atoms with E-state index in [-0.39, 0.29) is 24.0 Å². The van der Waals surface area contributed by atoms with Crippen LogP contribution in [0.15, 0.2) is 54.6 Å². The lowest BCUT2D eigenvalue weighted by Crippen LogP contribution is -2.52. The smallest absolute Gasteiger partial charge is 0.324 e. The van der Waals surface area contributed by atoms with Gasteiger partial charge in [-0.15, -0.1) is 0 Å². The summed E-state index contributed by atoms with van der Waals surface area (Å²) in [5.41, 5.74) is 1.96. The summed E-state index contributed by atoms with van der Waals surface area (Å²) in [7, 11) is 1.86. The van der Waals surface area contributed by atoms with Crippen LogP contribution in [0.5, 0.6) is 5.75 Å². The second kappa shape index (κ2) is 9.41. The monoisotopic (exact) mass is 421 g/mol. The molecule has 31 heavy (non-hydrogen) atoms. The van der Waals surface area contributed by atoms with E-state index in [4.69, 9.17) is 4.74 Å². The third kappa shape index (κ3) is 4.68. The highest BCUT2D eigenvalue weighted by atomic mass is 16.5. The largest absolute Gasteiger partial charge is 0.486 e. The van der Waals surface area contributed by atoms with Crippen molar-refractivity contribution in [2.75, 3.05) is 31.6 Å². The van der Waals surface area contributed by atoms with Crippen LogP contribution < -0.4 is 9.64 Å². The molecular weight excluding hydrogens is 390 g/mol. The Morgan fingerprint density at radius 2 is 1.71 bits per heavy atom. The van der Waals surface area contributed by atoms with Gasteiger partial charge in [-0.3, -0.25) is 9.69 Å². The van der Waals surface area contributed by atoms with Gasteiger partial charge in [0.05, 0.1) is 12.2 Å². The molecule has 1 atom stereocenters. The Balaban J connectivity index is 1.36. The highest BCUT2D eigenvalue weighted by Crippen LogP contribution is 2.35. The predicted molar refractivity (Wildman–Crippen MR) is 121 cm³/mol. The summed E-state index contributed by atoms with van der Waals surface area (Å²) in [6, 6.07) is 17.8. The van der Waals surface area contributed by atoms with Gasteiger partial charge in [0.1, 0.15) is 11.9 Å². The second-order valence-corrected chi connectivity index (χ2v) is 8.45. The standard InChI is InChI=1S/C25H31N3O3/c1-3-21-18-28(22-11-7-8-12-23(22)31-21)25(30)27-15-13-20(14-16-27)24(29)26(2)17-19-9-5-4-6-10-19/h4-12,20-21H,3,13-18H2,1-2H3/t21-/m1/s1. The van der Waals surface area contributed by atoms with E-state index in [9.17, 15) is 9.59 Å². The van der Waals surface area contributed by atoms with Crippen molar-refractivity contribution in [1.29, 1.82) is 0 Å². The molecule has 6 nitrogen and oxygen atoms in total. The van der Waals surface area contributed by atoms with Gasteiger partial charge >= 0.3 is 6.03 Å². The van der Waals surface area contributed by atoms with E-state index in [0.717, 1.165) is 23.4 Å². The van der Waals surface area contributed by atoms with Crippen molar-refractivity contribution >= 4 is 17.6 Å². The van der Waals surface area contributed by atoms with E-state index < -0.39 is 0 Å². The number of hydrogen-bond donors (Lipinski definition) is 0. The molecule has 164 valence electrons. The molecule has 2 aromatic rings. The topological polar surface area (TPSA) is 53.1 Å². The molecule has 0 unspecified atom stereocenters. The number of fused-ring (bicyclic) bond motifs is 1. The lowest BCUT2D eigenvalue weighted by Gasteiger charge is -2.40. The molecule has 0 aromatic heterocycles. The van der Waals surface area contributed by atoms with Crippen LogP contribution in [0.1, 0.15) is 31.7 Å². The summed E-state index contributed by atoms with van der Waals surface area (Å²) in [4.78, 5) is 31.8. The van der Waals surface area contributed by atoms with E-state index in [1.54, 1.807) is 0 Å². The van der Waals surface area contributed by atoms with Crippen LogP contribution in [0, 0.1) is 5.92 Å². The van der Waals surface area contributed by atoms with Gasteiger partial charge in [-0.25, -0.2) is 4.79 Å². The van der Waals surface area contributed by atoms with E-state index in [0.29, 0.717) is 39.0 Å². The van der Waals surface area contributed by atoms with Crippen molar-refractivity contribution in [2.45, 2.75) is 38.8 Å². The van der Waals surface area contributed by atoms with Gasteiger partial charge in [-0.1, -0.05) is 49.4 Å². The van der Waals surface area contributed by atoms with Crippen LogP contribution in [0.3, 0.4) is 0 Å². The maximum atomic E-state index is 13.3. The van der Waals surface area contributed by atoms with Gasteiger partial charge in [0.15, 0.2) is 0 Å². The summed E-state index contributed by atoms with van der Waals surface area (Å²) in [5.74, 6) is 0.901. The molecule has 1 fully saturated rings. The molecule has 2 heterocycles. The van der Waals surface area contributed by atoms with Crippen molar-refractivity contribution in [3.8, 4) is 5.75 Å². The molecule has 0 aliphatic carbocycles. The highest BCUT2D eigenvalue weighted by Gasteiger charge is 2.35. The van der Waals surface area contributed by atoms with E-state index in [1.807, 2.05) is 76.3 Å². The molecule has 1 saturated heterocycles. The lowest BCUT2D eigenvalue weighted by molar-refractivity contribution is -0.136. The third-order valence-corrected chi connectivity index (χ3v) is 6.28. The number of carbonyl (C=O) groups is 2. The Morgan fingerprint density at radius 3 is 2.42 bits per heavy atom. The first kappa shape index (κ1) is 21.2. The number of para-hydroxylation sites is 2. The Morgan fingerprint density at radius 1 is 1.03 bits per heavy atom. The van der Waals surface area contributed by atoms with Gasteiger partial charge in [0.2, 0.25) is 5.91 Å². The number of amides is 3. The van der Waals surface area contributed by atoms with Crippen LogP contribution in [-0.2, 0) is 11.3 Å². The molecular formula is C25H31N3O3. The minimum Gasteiger partial charge on any atom is -0.486 e. The summed E-state index contributed by atoms with van der Waals surface area (Å²) in [5, 5.41) is 0. The van der Waals surface area contributed by atoms with Crippen LogP contribution in [-0.4, -0.2) is 54.5 Å². The third-order valence-electron chi connectivity index (χ3n) is 6.28. The fourth-order valence-electron chi connectivity index (χ4n) is 4.43. The minimum atomic E-state index is -0.0295. The fourth-order valence-corrected chi connectivity index (χ4v) is 4.43. The van der Waals surface area contributed by atoms with Crippen molar-refractivity contribution in [3.63, 3.8) is 0 Å². The number of benzene rings is 2. The maximum absolute atomic E-state index is 13.3. The zero-order valence-corrected chi connectivity index (χ0v) is 18.4. The quantitative estimate of drug-likeness (QED) is 0.745. The molecule has 0 radical (unpaired) electrons. The molecule has 0 N–H and O–H groups in total. The molecule has 4 rings (SSSR count). The van der Waals surface area contributed by atoms with Crippen LogP contribution in [0.2, 0.25) is 0 Å². The Bertz CT molecular complexity index is 909. The summed E-state index contributed by atoms with van der Waals surface area (Å²) in [6.45, 7) is 4.45. The maximum Gasteiger partial charge on any atom is 0.324 e. The van der Waals surface area contributed by atoms with E-state index in [1.165, 1.54) is 0 Å². The van der Waals surface area contributed by atoms with E-state index in [2.05, 4.69) is 6.92 Å². The number of rotatable bonds is 4. The summed E-state index contributed by atoms with van der Waals surface area (Å²) >= 11 is 0. The van der Waals surface area contributed by atoms with Gasteiger partial charge in [0, 0.05) is 32.6 Å². The molecule has 6 heteroatoms. The second-order valence-electron chi connectivity index (χ2n) is 8.45. The van der Waals surface area contributed by atoms with Crippen molar-refractivity contribution in [3.05, 3.63) is 60.2 Å². The van der Waals surface area contributed by atoms with E-state index >= 15 is 0 Å². The average molecular weight is 422 g/mol. The van der Waals surface area contributed by atoms with Gasteiger partial charge in [-0.2, -0.15) is 0 Å². The zero-order chi connectivity index (χ0) is 21.8. The normalized spacial score (nSPS) is 18.8. The summed E-state index contributed by atoms with van der Waals surface area (Å²) < 4.78 is 6.01. The average Bonchev–Trinajstić information content (AvgIpc) is 2.83. The first-order valence-electron chi connectivity index (χ1n) is 11.2. The first-order chi connectivity index (χ1) is 15.1. The predicted octanol–water partition coefficient (Wildman–Crippen LogP) is 4.15. The number of hydrogen-bond acceptors (Lipinski definition) is 3. The number of ether oxygens (including phenoxy) is 1. The fraction of sp³-hybridized carbons (Fsp3) is 0.440. The number of likely N-dealkylation sites (tertiary alicyclic amines) is 1. The Kier molecular flexibility index (Phi) is 6.44. The Labute approximate surface area is 184 Å². The van der Waals surface area contributed by atoms with Gasteiger partial charge in [0.25, 0.3) is 0 Å². The lowest BCUT2D eigenvalue weighted by atomic mass is 9.95. The van der Waals surface area contributed by atoms with Crippen molar-refractivity contribution in [1.82, 2.24) is 9.80 Å². The molecule has 0 bridgehead atoms. The number of anilines is 1. The Hall–Kier alpha value is -3.02. The van der Waals surface area contributed by atoms with Crippen molar-refractivity contribution < 1.29 is 14.3 Å². The summed E-state index contributed by atoms with van der Waals surface area (Å²) in [6.07, 6.45) is 2.26. The number of urea groups is 1. The van der Waals surface area contributed by atoms with Crippen LogP contribution in [0.25, 0.3) is 0 Å². The van der Waals surface area contributed by atoms with Crippen LogP contribution >= 0.6 is 0 Å². The first-order valence-corrected chi connectivity index (χ1v) is 11.2. The van der Waals surface area contributed by atoms with Gasteiger partial charge < -0.3 is 14.5 Å². The molecule has 2 aliphatic rings. The number of nitrogens with zero attached hydrogens (tertiary/aromatic N) is 3. The van der Waals surface area contributed by atoms with Crippen molar-refractivity contribution in [2.24, 2.45) is 5.92 Å². The number of carbonyl (C=O) groups excluding carboxylic acids is 2. The molecule has 2 aromatic carbocycles. The highest BCUT2D eigenvalue weighted by molar-refractivity contribution is 5.94. The zero-order valence-electron chi connectivity index (χ0n) is 18.4. The van der Waals surface area contributed by atoms with Crippen LogP contribution in [0.4, 0.5) is 10.5 Å². The molecule has 2 aliphatic heterocycles. The minimum absolute atomic E-state index is 0.00426. The number of piperidine rings is 1. The molecule has 0 spiro atoms.